The van der Waals surface area contributed by atoms with E-state index >= 15 is 0 Å². The molecule has 0 spiro atoms. The molecule has 1 saturated heterocycles. The number of H-pyrrole nitrogens is 2. The minimum Gasteiger partial charge on any atom is -0.872 e. The van der Waals surface area contributed by atoms with Crippen molar-refractivity contribution in [1.82, 2.24) is 9.88 Å². The average Bonchev–Trinajstić information content (AvgIpc) is 3.32. The number of methoxy groups -OCH3 is 1. The molecular weight excluding hydrogens is 462 g/mol. The fourth-order valence-electron chi connectivity index (χ4n) is 4.55. The van der Waals surface area contributed by atoms with Crippen LogP contribution in [0, 0.1) is 13.8 Å². The van der Waals surface area contributed by atoms with Gasteiger partial charge in [-0.3, -0.25) is 9.59 Å². The molecular formula is C27H27N3O6. The van der Waals surface area contributed by atoms with Crippen molar-refractivity contribution in [2.24, 2.45) is 0 Å². The molecule has 1 fully saturated rings. The number of aromatic nitrogens is 2. The van der Waals surface area contributed by atoms with Crippen LogP contribution >= 0.6 is 0 Å². The van der Waals surface area contributed by atoms with Gasteiger partial charge in [0.25, 0.3) is 5.91 Å². The standard InChI is InChI=1S/C27H27N3O6/c1-5-36-27(34)22-15(2)20(16(3)29-22)24(31)21-23(18-9-6-10-19(12-18)35-4)30(26(33)25(21)32)14-17-8-7-11-28-13-17/h6-13,23,29,31H,5,14H2,1-4H3. The zero-order valence-electron chi connectivity index (χ0n) is 20.5. The van der Waals surface area contributed by atoms with Gasteiger partial charge in [0, 0.05) is 22.9 Å². The van der Waals surface area contributed by atoms with Crippen molar-refractivity contribution in [3.63, 3.8) is 0 Å². The first-order valence-corrected chi connectivity index (χ1v) is 11.5. The van der Waals surface area contributed by atoms with Crippen LogP contribution in [0.15, 0.2) is 54.4 Å². The number of benzene rings is 1. The third kappa shape index (κ3) is 4.35. The summed E-state index contributed by atoms with van der Waals surface area (Å²) in [6.07, 6.45) is 3.46. The van der Waals surface area contributed by atoms with Crippen LogP contribution in [0.3, 0.4) is 0 Å². The van der Waals surface area contributed by atoms with Gasteiger partial charge in [-0.05, 0) is 55.7 Å². The summed E-state index contributed by atoms with van der Waals surface area (Å²) >= 11 is 0. The highest BCUT2D eigenvalue weighted by Crippen LogP contribution is 2.41. The van der Waals surface area contributed by atoms with Crippen LogP contribution in [0.1, 0.15) is 51.4 Å². The average molecular weight is 490 g/mol. The summed E-state index contributed by atoms with van der Waals surface area (Å²) in [4.78, 5) is 46.2. The van der Waals surface area contributed by atoms with Crippen LogP contribution in [0.2, 0.25) is 0 Å². The molecule has 0 bridgehead atoms. The summed E-state index contributed by atoms with van der Waals surface area (Å²) in [5, 5.41) is 13.9. The number of aryl methyl sites for hydroxylation is 1. The third-order valence-corrected chi connectivity index (χ3v) is 6.21. The lowest BCUT2D eigenvalue weighted by Crippen LogP contribution is -2.29. The number of ketones is 1. The van der Waals surface area contributed by atoms with Crippen LogP contribution in [0.4, 0.5) is 0 Å². The molecule has 0 aliphatic carbocycles. The lowest BCUT2D eigenvalue weighted by molar-refractivity contribution is -0.378. The van der Waals surface area contributed by atoms with E-state index in [1.54, 1.807) is 63.5 Å². The molecule has 186 valence electrons. The molecule has 2 aromatic heterocycles. The summed E-state index contributed by atoms with van der Waals surface area (Å²) in [7, 11) is 1.51. The Kier molecular flexibility index (Phi) is 6.91. The van der Waals surface area contributed by atoms with Crippen molar-refractivity contribution in [2.75, 3.05) is 13.7 Å². The molecule has 0 radical (unpaired) electrons. The molecule has 1 atom stereocenters. The van der Waals surface area contributed by atoms with Gasteiger partial charge in [-0.1, -0.05) is 17.9 Å². The number of likely N-dealkylation sites (tertiary alicyclic amines) is 1. The monoisotopic (exact) mass is 489 g/mol. The van der Waals surface area contributed by atoms with Crippen LogP contribution in [0.25, 0.3) is 5.76 Å². The lowest BCUT2D eigenvalue weighted by atomic mass is 9.94. The zero-order chi connectivity index (χ0) is 26.0. The number of carbonyl (C=O) groups is 3. The van der Waals surface area contributed by atoms with Gasteiger partial charge in [0.05, 0.1) is 26.3 Å². The third-order valence-electron chi connectivity index (χ3n) is 6.21. The number of hydrogen-bond acceptors (Lipinski definition) is 6. The van der Waals surface area contributed by atoms with Gasteiger partial charge >= 0.3 is 5.97 Å². The van der Waals surface area contributed by atoms with Crippen molar-refractivity contribution >= 4 is 23.4 Å². The van der Waals surface area contributed by atoms with Gasteiger partial charge in [-0.25, -0.2) is 9.78 Å². The minimum atomic E-state index is -0.937. The number of hydrogen-bond donors (Lipinski definition) is 1. The SMILES string of the molecule is CCOC(=O)c1[nH]c(C)c(C([O-])=C2C(=O)C(=O)N(Cc3ccc[nH+]c3)C2c2cccc(OC)c2)c1C. The molecule has 4 rings (SSSR count). The van der Waals surface area contributed by atoms with Crippen LogP contribution in [0.5, 0.6) is 5.75 Å². The number of esters is 1. The van der Waals surface area contributed by atoms with Crippen molar-refractivity contribution in [3.05, 3.63) is 88.0 Å². The Hall–Kier alpha value is -4.40. The number of ether oxygens (including phenoxy) is 2. The van der Waals surface area contributed by atoms with E-state index in [1.165, 1.54) is 12.0 Å². The van der Waals surface area contributed by atoms with Crippen molar-refractivity contribution in [1.29, 1.82) is 0 Å². The van der Waals surface area contributed by atoms with E-state index in [0.717, 1.165) is 5.56 Å². The predicted molar refractivity (Wildman–Crippen MR) is 127 cm³/mol. The number of Topliss-reactive ketones (excluding diaryl/α,β-unsaturated/α-hetero) is 1. The molecule has 36 heavy (non-hydrogen) atoms. The van der Waals surface area contributed by atoms with Gasteiger partial charge < -0.3 is 24.5 Å². The smallest absolute Gasteiger partial charge is 0.355 e. The maximum absolute atomic E-state index is 13.9. The fourth-order valence-corrected chi connectivity index (χ4v) is 4.55. The first-order chi connectivity index (χ1) is 17.3. The highest BCUT2D eigenvalue weighted by Gasteiger charge is 2.44. The van der Waals surface area contributed by atoms with Gasteiger partial charge in [0.15, 0.2) is 12.4 Å². The second-order valence-electron chi connectivity index (χ2n) is 8.44. The summed E-state index contributed by atoms with van der Waals surface area (Å²) < 4.78 is 10.4. The summed E-state index contributed by atoms with van der Waals surface area (Å²) in [6.45, 7) is 5.23. The Labute approximate surface area is 208 Å². The first-order valence-electron chi connectivity index (χ1n) is 11.5. The van der Waals surface area contributed by atoms with E-state index in [0.29, 0.717) is 22.6 Å². The van der Waals surface area contributed by atoms with Crippen molar-refractivity contribution in [2.45, 2.75) is 33.4 Å². The molecule has 1 amide bonds. The highest BCUT2D eigenvalue weighted by molar-refractivity contribution is 6.46. The molecule has 9 heteroatoms. The number of aromatic amines is 2. The maximum Gasteiger partial charge on any atom is 0.355 e. The zero-order valence-corrected chi connectivity index (χ0v) is 20.5. The van der Waals surface area contributed by atoms with Gasteiger partial charge in [-0.15, -0.1) is 0 Å². The van der Waals surface area contributed by atoms with Crippen molar-refractivity contribution in [3.8, 4) is 5.75 Å². The Bertz CT molecular complexity index is 1360. The molecule has 0 saturated carbocycles. The number of nitrogens with one attached hydrogen (secondary N) is 2. The Morgan fingerprint density at radius 2 is 1.97 bits per heavy atom. The van der Waals surface area contributed by atoms with Crippen molar-refractivity contribution < 1.29 is 33.9 Å². The maximum atomic E-state index is 13.9. The number of rotatable bonds is 7. The lowest BCUT2D eigenvalue weighted by Gasteiger charge is -2.27. The molecule has 2 N–H and O–H groups in total. The van der Waals surface area contributed by atoms with Gasteiger partial charge in [-0.2, -0.15) is 0 Å². The summed E-state index contributed by atoms with van der Waals surface area (Å²) in [5.74, 6) is -2.32. The molecule has 1 aliphatic heterocycles. The topological polar surface area (TPSA) is 126 Å². The molecule has 3 aromatic rings. The number of carbonyl (C=O) groups excluding carboxylic acids is 3. The quantitative estimate of drug-likeness (QED) is 0.234. The van der Waals surface area contributed by atoms with E-state index in [4.69, 9.17) is 9.47 Å². The van der Waals surface area contributed by atoms with E-state index in [9.17, 15) is 19.5 Å². The van der Waals surface area contributed by atoms with Gasteiger partial charge in [0.2, 0.25) is 5.78 Å². The Morgan fingerprint density at radius 1 is 1.19 bits per heavy atom. The highest BCUT2D eigenvalue weighted by atomic mass is 16.5. The largest absolute Gasteiger partial charge is 0.872 e. The summed E-state index contributed by atoms with van der Waals surface area (Å²) in [5.41, 5.74) is 2.25. The number of pyridine rings is 1. The Balaban J connectivity index is 1.90. The van der Waals surface area contributed by atoms with Crippen LogP contribution in [-0.4, -0.2) is 41.3 Å². The van der Waals surface area contributed by atoms with Crippen LogP contribution < -0.4 is 14.8 Å². The fraction of sp³-hybridized carbons (Fsp3) is 0.259. The molecule has 9 nitrogen and oxygen atoms in total. The molecule has 1 aliphatic rings. The first kappa shape index (κ1) is 24.7. The van der Waals surface area contributed by atoms with Gasteiger partial charge in [0.1, 0.15) is 11.4 Å². The molecule has 3 heterocycles. The molecule has 1 unspecified atom stereocenters. The van der Waals surface area contributed by atoms with E-state index in [1.807, 2.05) is 6.07 Å². The second-order valence-corrected chi connectivity index (χ2v) is 8.44. The minimum absolute atomic E-state index is 0.111. The molecule has 1 aromatic carbocycles. The Morgan fingerprint density at radius 3 is 2.64 bits per heavy atom. The van der Waals surface area contributed by atoms with E-state index in [2.05, 4.69) is 9.97 Å². The van der Waals surface area contributed by atoms with E-state index < -0.39 is 29.5 Å². The van der Waals surface area contributed by atoms with E-state index in [-0.39, 0.29) is 30.0 Å². The predicted octanol–water partition coefficient (Wildman–Crippen LogP) is 2.06. The normalized spacial score (nSPS) is 16.9. The van der Waals surface area contributed by atoms with Crippen LogP contribution in [-0.2, 0) is 20.9 Å². The second kappa shape index (κ2) is 10.1. The summed E-state index contributed by atoms with van der Waals surface area (Å²) in [6, 6.07) is 9.61. The number of amides is 1. The number of nitrogens with zero attached hydrogens (tertiary/aromatic N) is 1.